The minimum atomic E-state index is -1.49. The molecule has 0 unspecified atom stereocenters. The summed E-state index contributed by atoms with van der Waals surface area (Å²) in [5.74, 6) is 0. The van der Waals surface area contributed by atoms with Crippen molar-refractivity contribution in [3.05, 3.63) is 0 Å². The van der Waals surface area contributed by atoms with E-state index in [0.29, 0.717) is 6.61 Å². The summed E-state index contributed by atoms with van der Waals surface area (Å²) in [5, 5.41) is 51.0. The molecule has 0 amide bonds. The molecule has 0 spiro atoms. The van der Waals surface area contributed by atoms with E-state index in [1.54, 1.807) is 0 Å². The van der Waals surface area contributed by atoms with Crippen LogP contribution in [0.2, 0.25) is 0 Å². The predicted octanol–water partition coefficient (Wildman–Crippen LogP) is -0.607. The van der Waals surface area contributed by atoms with Crippen LogP contribution < -0.4 is 0 Å². The van der Waals surface area contributed by atoms with Gasteiger partial charge in [0.1, 0.15) is 18.3 Å². The third-order valence-corrected chi connectivity index (χ3v) is 2.67. The first-order chi connectivity index (χ1) is 9.04. The van der Waals surface area contributed by atoms with Crippen molar-refractivity contribution < 1.29 is 30.6 Å². The molecule has 0 saturated heterocycles. The Balaban J connectivity index is 0. The fraction of sp³-hybridized carbons (Fsp3) is 1.00. The Morgan fingerprint density at radius 3 is 1.47 bits per heavy atom. The Morgan fingerprint density at radius 1 is 0.684 bits per heavy atom. The van der Waals surface area contributed by atoms with Gasteiger partial charge < -0.3 is 30.6 Å². The highest BCUT2D eigenvalue weighted by atomic mass is 16.4. The number of rotatable bonds is 10. The molecule has 6 N–H and O–H groups in total. The zero-order valence-electron chi connectivity index (χ0n) is 11.8. The highest BCUT2D eigenvalue weighted by Crippen LogP contribution is 2.03. The molecule has 0 aliphatic rings. The molecule has 0 aromatic carbocycles. The maximum absolute atomic E-state index is 8.77. The molecule has 6 heteroatoms. The van der Waals surface area contributed by atoms with E-state index < -0.39 is 31.5 Å². The molecule has 0 fully saturated rings. The molecule has 0 heterocycles. The van der Waals surface area contributed by atoms with E-state index in [2.05, 4.69) is 6.92 Å². The molecule has 2 atom stereocenters. The van der Waals surface area contributed by atoms with Gasteiger partial charge in [0.2, 0.25) is 0 Å². The Labute approximate surface area is 115 Å². The number of aliphatic hydroxyl groups excluding tert-OH is 6. The summed E-state index contributed by atoms with van der Waals surface area (Å²) < 4.78 is 0. The largest absolute Gasteiger partial charge is 0.396 e. The minimum Gasteiger partial charge on any atom is -0.396 e. The van der Waals surface area contributed by atoms with E-state index in [9.17, 15) is 0 Å². The first-order valence-electron chi connectivity index (χ1n) is 6.91. The van der Waals surface area contributed by atoms with Gasteiger partial charge in [0.15, 0.2) is 0 Å². The summed E-state index contributed by atoms with van der Waals surface area (Å²) in [6.45, 7) is 1.30. The highest BCUT2D eigenvalue weighted by molar-refractivity contribution is 4.73. The maximum atomic E-state index is 8.77. The summed E-state index contributed by atoms with van der Waals surface area (Å²) in [6.07, 6.45) is 3.20. The van der Waals surface area contributed by atoms with Crippen LogP contribution in [-0.2, 0) is 0 Å². The lowest BCUT2D eigenvalue weighted by molar-refractivity contribution is -0.0900. The van der Waals surface area contributed by atoms with Gasteiger partial charge in [-0.1, -0.05) is 39.0 Å². The number of hydrogen-bond acceptors (Lipinski definition) is 6. The lowest BCUT2D eigenvalue weighted by Crippen LogP contribution is -2.41. The first kappa shape index (κ1) is 21.1. The second-order valence-corrected chi connectivity index (χ2v) is 4.48. The van der Waals surface area contributed by atoms with Gasteiger partial charge in [-0.05, 0) is 6.42 Å². The van der Waals surface area contributed by atoms with E-state index in [4.69, 9.17) is 30.6 Å². The predicted molar refractivity (Wildman–Crippen MR) is 72.7 cm³/mol. The monoisotopic (exact) mass is 282 g/mol. The SMILES string of the molecule is CCCCCCCCO.OC[C@@H](O)C(O)[C@H](O)CO. The van der Waals surface area contributed by atoms with Crippen LogP contribution in [-0.4, -0.2) is 68.8 Å². The molecule has 0 radical (unpaired) electrons. The fourth-order valence-electron chi connectivity index (χ4n) is 1.36. The quantitative estimate of drug-likeness (QED) is 0.297. The molecule has 0 aromatic heterocycles. The van der Waals surface area contributed by atoms with Crippen LogP contribution in [0, 0.1) is 0 Å². The average Bonchev–Trinajstić information content (AvgIpc) is 2.45. The lowest BCUT2D eigenvalue weighted by atomic mass is 10.1. The molecule has 0 aromatic rings. The van der Waals surface area contributed by atoms with Gasteiger partial charge in [-0.3, -0.25) is 0 Å². The van der Waals surface area contributed by atoms with Gasteiger partial charge in [-0.2, -0.15) is 0 Å². The molecule has 0 rings (SSSR count). The second kappa shape index (κ2) is 15.8. The van der Waals surface area contributed by atoms with Crippen LogP contribution in [0.5, 0.6) is 0 Å². The molecular weight excluding hydrogens is 252 g/mol. The summed E-state index contributed by atoms with van der Waals surface area (Å²) in [7, 11) is 0. The van der Waals surface area contributed by atoms with Gasteiger partial charge in [-0.15, -0.1) is 0 Å². The summed E-state index contributed by atoms with van der Waals surface area (Å²) in [6, 6.07) is 0. The van der Waals surface area contributed by atoms with Crippen molar-refractivity contribution in [2.75, 3.05) is 19.8 Å². The summed E-state index contributed by atoms with van der Waals surface area (Å²) in [4.78, 5) is 0. The van der Waals surface area contributed by atoms with Crippen molar-refractivity contribution >= 4 is 0 Å². The van der Waals surface area contributed by atoms with Crippen LogP contribution in [0.25, 0.3) is 0 Å². The van der Waals surface area contributed by atoms with Gasteiger partial charge in [0.05, 0.1) is 13.2 Å². The smallest absolute Gasteiger partial charge is 0.110 e. The highest BCUT2D eigenvalue weighted by Gasteiger charge is 2.22. The standard InChI is InChI=1S/C8H18O.C5H12O5/c1-2-3-4-5-6-7-8-9;6-1-3(8)5(10)4(9)2-7/h9H,2-8H2,1H3;3-10H,1-2H2/t;3-,4-/m.1/s1. The lowest BCUT2D eigenvalue weighted by Gasteiger charge is -2.19. The number of unbranched alkanes of at least 4 members (excludes halogenated alkanes) is 5. The topological polar surface area (TPSA) is 121 Å². The van der Waals surface area contributed by atoms with Gasteiger partial charge >= 0.3 is 0 Å². The van der Waals surface area contributed by atoms with E-state index in [0.717, 1.165) is 6.42 Å². The Bertz CT molecular complexity index is 151. The van der Waals surface area contributed by atoms with E-state index in [1.807, 2.05) is 0 Å². The maximum Gasteiger partial charge on any atom is 0.110 e. The molecule has 0 bridgehead atoms. The third kappa shape index (κ3) is 14.0. The third-order valence-electron chi connectivity index (χ3n) is 2.67. The van der Waals surface area contributed by atoms with Crippen molar-refractivity contribution in [1.29, 1.82) is 0 Å². The molecule has 0 aliphatic heterocycles. The van der Waals surface area contributed by atoms with Crippen LogP contribution >= 0.6 is 0 Å². The van der Waals surface area contributed by atoms with E-state index >= 15 is 0 Å². The number of aliphatic hydroxyl groups is 6. The summed E-state index contributed by atoms with van der Waals surface area (Å²) >= 11 is 0. The van der Waals surface area contributed by atoms with E-state index in [1.165, 1.54) is 32.1 Å². The Hall–Kier alpha value is -0.240. The fourth-order valence-corrected chi connectivity index (χ4v) is 1.36. The summed E-state index contributed by atoms with van der Waals surface area (Å²) in [5.41, 5.74) is 0. The zero-order valence-corrected chi connectivity index (χ0v) is 11.8. The van der Waals surface area contributed by atoms with Gasteiger partial charge in [-0.25, -0.2) is 0 Å². The number of hydrogen-bond donors (Lipinski definition) is 6. The zero-order chi connectivity index (χ0) is 15.1. The van der Waals surface area contributed by atoms with E-state index in [-0.39, 0.29) is 0 Å². The molecule has 118 valence electrons. The average molecular weight is 282 g/mol. The molecule has 0 saturated carbocycles. The van der Waals surface area contributed by atoms with Crippen molar-refractivity contribution in [2.24, 2.45) is 0 Å². The van der Waals surface area contributed by atoms with Crippen LogP contribution in [0.1, 0.15) is 45.4 Å². The Kier molecular flexibility index (Phi) is 17.5. The molecule has 19 heavy (non-hydrogen) atoms. The van der Waals surface area contributed by atoms with Crippen molar-refractivity contribution in [3.63, 3.8) is 0 Å². The normalized spacial score (nSPS) is 13.9. The van der Waals surface area contributed by atoms with Crippen molar-refractivity contribution in [2.45, 2.75) is 63.8 Å². The van der Waals surface area contributed by atoms with Gasteiger partial charge in [0, 0.05) is 6.61 Å². The molecular formula is C13H30O6. The van der Waals surface area contributed by atoms with Crippen molar-refractivity contribution in [3.8, 4) is 0 Å². The van der Waals surface area contributed by atoms with Crippen LogP contribution in [0.3, 0.4) is 0 Å². The minimum absolute atomic E-state index is 0.367. The Morgan fingerprint density at radius 2 is 1.11 bits per heavy atom. The van der Waals surface area contributed by atoms with Gasteiger partial charge in [0.25, 0.3) is 0 Å². The van der Waals surface area contributed by atoms with Crippen LogP contribution in [0.15, 0.2) is 0 Å². The molecule has 0 aliphatic carbocycles. The van der Waals surface area contributed by atoms with Crippen LogP contribution in [0.4, 0.5) is 0 Å². The molecule has 6 nitrogen and oxygen atoms in total. The van der Waals surface area contributed by atoms with Crippen molar-refractivity contribution in [1.82, 2.24) is 0 Å². The first-order valence-corrected chi connectivity index (χ1v) is 6.91. The second-order valence-electron chi connectivity index (χ2n) is 4.48.